The van der Waals surface area contributed by atoms with Crippen molar-refractivity contribution in [1.82, 2.24) is 14.7 Å². The zero-order valence-electron chi connectivity index (χ0n) is 18.7. The number of hydrogen-bond donors (Lipinski definition) is 0. The molecular weight excluding hydrogens is 464 g/mol. The number of piperazine rings is 1. The summed E-state index contributed by atoms with van der Waals surface area (Å²) < 4.78 is 26.4. The van der Waals surface area contributed by atoms with Gasteiger partial charge in [-0.25, -0.2) is 8.78 Å². The Morgan fingerprint density at radius 3 is 2.18 bits per heavy atom. The van der Waals surface area contributed by atoms with Gasteiger partial charge in [-0.15, -0.1) is 0 Å². The van der Waals surface area contributed by atoms with E-state index in [-0.39, 0.29) is 46.5 Å². The summed E-state index contributed by atoms with van der Waals surface area (Å²) >= 11 is 6.02. The zero-order chi connectivity index (χ0) is 24.2. The lowest BCUT2D eigenvalue weighted by molar-refractivity contribution is -0.141. The van der Waals surface area contributed by atoms with Crippen LogP contribution in [0.25, 0.3) is 0 Å². The Morgan fingerprint density at radius 2 is 1.50 bits per heavy atom. The van der Waals surface area contributed by atoms with Crippen LogP contribution in [0.5, 0.6) is 0 Å². The fourth-order valence-corrected chi connectivity index (χ4v) is 4.76. The molecule has 1 atom stereocenters. The molecule has 0 saturated carbocycles. The fraction of sp³-hybridized carbons (Fsp3) is 0.400. The first-order chi connectivity index (χ1) is 16.3. The topological polar surface area (TPSA) is 60.9 Å². The SMILES string of the molecule is O=C(Cc1ccc(F)cc1)N1CCCC(C(=O)N2CCN(C(=O)c3ccc(F)cc3Cl)CC2)C1. The minimum Gasteiger partial charge on any atom is -0.342 e. The molecule has 2 aromatic carbocycles. The molecule has 180 valence electrons. The molecule has 0 N–H and O–H groups in total. The summed E-state index contributed by atoms with van der Waals surface area (Å²) in [5.41, 5.74) is 0.979. The molecule has 3 amide bonds. The van der Waals surface area contributed by atoms with E-state index in [2.05, 4.69) is 0 Å². The van der Waals surface area contributed by atoms with E-state index in [0.717, 1.165) is 18.1 Å². The van der Waals surface area contributed by atoms with E-state index in [1.165, 1.54) is 24.3 Å². The highest BCUT2D eigenvalue weighted by molar-refractivity contribution is 6.33. The predicted octanol–water partition coefficient (Wildman–Crippen LogP) is 3.38. The van der Waals surface area contributed by atoms with Crippen molar-refractivity contribution in [3.63, 3.8) is 0 Å². The van der Waals surface area contributed by atoms with Crippen LogP contribution in [-0.2, 0) is 16.0 Å². The van der Waals surface area contributed by atoms with E-state index in [1.807, 2.05) is 0 Å². The minimum atomic E-state index is -0.505. The van der Waals surface area contributed by atoms with Crippen LogP contribution in [-0.4, -0.2) is 71.7 Å². The third kappa shape index (κ3) is 5.55. The molecule has 2 aromatic rings. The molecule has 2 aliphatic rings. The van der Waals surface area contributed by atoms with Gasteiger partial charge in [0.15, 0.2) is 0 Å². The highest BCUT2D eigenvalue weighted by Gasteiger charge is 2.33. The molecule has 2 aliphatic heterocycles. The lowest BCUT2D eigenvalue weighted by Crippen LogP contribution is -2.54. The lowest BCUT2D eigenvalue weighted by Gasteiger charge is -2.39. The molecule has 34 heavy (non-hydrogen) atoms. The molecule has 0 aliphatic carbocycles. The number of nitrogens with zero attached hydrogens (tertiary/aromatic N) is 3. The van der Waals surface area contributed by atoms with Gasteiger partial charge < -0.3 is 14.7 Å². The molecule has 2 saturated heterocycles. The van der Waals surface area contributed by atoms with Gasteiger partial charge in [-0.2, -0.15) is 0 Å². The second-order valence-corrected chi connectivity index (χ2v) is 9.13. The number of rotatable bonds is 4. The number of piperidine rings is 1. The summed E-state index contributed by atoms with van der Waals surface area (Å²) in [5, 5.41) is 0.0658. The van der Waals surface area contributed by atoms with Crippen LogP contribution >= 0.6 is 11.6 Å². The molecule has 0 spiro atoms. The van der Waals surface area contributed by atoms with Gasteiger partial charge in [0.25, 0.3) is 5.91 Å². The van der Waals surface area contributed by atoms with Gasteiger partial charge >= 0.3 is 0 Å². The van der Waals surface area contributed by atoms with E-state index in [1.54, 1.807) is 26.8 Å². The molecule has 4 rings (SSSR count). The molecule has 0 aromatic heterocycles. The highest BCUT2D eigenvalue weighted by Crippen LogP contribution is 2.23. The van der Waals surface area contributed by atoms with Crippen molar-refractivity contribution in [2.75, 3.05) is 39.3 Å². The average molecular weight is 490 g/mol. The van der Waals surface area contributed by atoms with E-state index >= 15 is 0 Å². The fourth-order valence-electron chi connectivity index (χ4n) is 4.52. The number of carbonyl (C=O) groups excluding carboxylic acids is 3. The molecule has 1 unspecified atom stereocenters. The van der Waals surface area contributed by atoms with Crippen LogP contribution < -0.4 is 0 Å². The van der Waals surface area contributed by atoms with Crippen molar-refractivity contribution in [2.45, 2.75) is 19.3 Å². The summed E-state index contributed by atoms with van der Waals surface area (Å²) in [5.74, 6) is -1.49. The third-order valence-electron chi connectivity index (χ3n) is 6.43. The van der Waals surface area contributed by atoms with Crippen LogP contribution in [0.4, 0.5) is 8.78 Å². The average Bonchev–Trinajstić information content (AvgIpc) is 2.85. The van der Waals surface area contributed by atoms with Crippen LogP contribution in [0, 0.1) is 17.6 Å². The molecule has 9 heteroatoms. The van der Waals surface area contributed by atoms with Gasteiger partial charge in [0, 0.05) is 39.3 Å². The van der Waals surface area contributed by atoms with Crippen LogP contribution in [0.2, 0.25) is 5.02 Å². The Labute approximate surface area is 202 Å². The van der Waals surface area contributed by atoms with Gasteiger partial charge in [-0.1, -0.05) is 23.7 Å². The first kappa shape index (κ1) is 24.1. The second kappa shape index (κ2) is 10.5. The first-order valence-corrected chi connectivity index (χ1v) is 11.7. The second-order valence-electron chi connectivity index (χ2n) is 8.72. The molecule has 2 heterocycles. The predicted molar refractivity (Wildman–Crippen MR) is 123 cm³/mol. The van der Waals surface area contributed by atoms with E-state index in [0.29, 0.717) is 45.7 Å². The largest absolute Gasteiger partial charge is 0.342 e. The Morgan fingerprint density at radius 1 is 0.853 bits per heavy atom. The van der Waals surface area contributed by atoms with Crippen molar-refractivity contribution < 1.29 is 23.2 Å². The third-order valence-corrected chi connectivity index (χ3v) is 6.74. The maximum absolute atomic E-state index is 13.3. The van der Waals surface area contributed by atoms with Crippen LogP contribution in [0.15, 0.2) is 42.5 Å². The lowest BCUT2D eigenvalue weighted by atomic mass is 9.95. The summed E-state index contributed by atoms with van der Waals surface area (Å²) in [7, 11) is 0. The summed E-state index contributed by atoms with van der Waals surface area (Å²) in [4.78, 5) is 43.7. The molecular formula is C25H26ClF2N3O3. The Kier molecular flexibility index (Phi) is 7.46. The Balaban J connectivity index is 1.30. The number of hydrogen-bond acceptors (Lipinski definition) is 3. The van der Waals surface area contributed by atoms with E-state index in [4.69, 9.17) is 11.6 Å². The number of halogens is 3. The Hall–Kier alpha value is -3.00. The van der Waals surface area contributed by atoms with Crippen molar-refractivity contribution >= 4 is 29.3 Å². The molecule has 0 bridgehead atoms. The minimum absolute atomic E-state index is 0.00815. The van der Waals surface area contributed by atoms with Crippen molar-refractivity contribution in [3.8, 4) is 0 Å². The van der Waals surface area contributed by atoms with E-state index < -0.39 is 5.82 Å². The van der Waals surface area contributed by atoms with Gasteiger partial charge in [0.1, 0.15) is 11.6 Å². The number of benzene rings is 2. The van der Waals surface area contributed by atoms with Crippen LogP contribution in [0.3, 0.4) is 0 Å². The molecule has 0 radical (unpaired) electrons. The number of carbonyl (C=O) groups is 3. The Bertz CT molecular complexity index is 1070. The first-order valence-electron chi connectivity index (χ1n) is 11.4. The van der Waals surface area contributed by atoms with Crippen molar-refractivity contribution in [3.05, 3.63) is 70.2 Å². The van der Waals surface area contributed by atoms with Gasteiger partial charge in [-0.3, -0.25) is 14.4 Å². The van der Waals surface area contributed by atoms with E-state index in [9.17, 15) is 23.2 Å². The van der Waals surface area contributed by atoms with Crippen LogP contribution in [0.1, 0.15) is 28.8 Å². The normalized spacial score (nSPS) is 18.7. The number of likely N-dealkylation sites (tertiary alicyclic amines) is 1. The molecule has 2 fully saturated rings. The maximum Gasteiger partial charge on any atom is 0.255 e. The maximum atomic E-state index is 13.3. The zero-order valence-corrected chi connectivity index (χ0v) is 19.4. The van der Waals surface area contributed by atoms with Crippen molar-refractivity contribution in [2.24, 2.45) is 5.92 Å². The molecule has 6 nitrogen and oxygen atoms in total. The quantitative estimate of drug-likeness (QED) is 0.661. The van der Waals surface area contributed by atoms with Gasteiger partial charge in [-0.05, 0) is 48.7 Å². The van der Waals surface area contributed by atoms with Gasteiger partial charge in [0.05, 0.1) is 22.9 Å². The smallest absolute Gasteiger partial charge is 0.255 e. The summed E-state index contributed by atoms with van der Waals surface area (Å²) in [6, 6.07) is 9.54. The monoisotopic (exact) mass is 489 g/mol. The summed E-state index contributed by atoms with van der Waals surface area (Å²) in [6.45, 7) is 2.47. The van der Waals surface area contributed by atoms with Gasteiger partial charge in [0.2, 0.25) is 11.8 Å². The standard InChI is InChI=1S/C25H26ClF2N3O3/c26-22-15-20(28)7-8-21(22)25(34)30-12-10-29(11-13-30)24(33)18-2-1-9-31(16-18)23(32)14-17-3-5-19(27)6-4-17/h3-8,15,18H,1-2,9-14,16H2. The van der Waals surface area contributed by atoms with Crippen molar-refractivity contribution in [1.29, 1.82) is 0 Å². The highest BCUT2D eigenvalue weighted by atomic mass is 35.5. The number of amides is 3. The summed E-state index contributed by atoms with van der Waals surface area (Å²) in [6.07, 6.45) is 1.63.